The molecule has 0 saturated carbocycles. The molecule has 1 fully saturated rings. The van der Waals surface area contributed by atoms with Gasteiger partial charge >= 0.3 is 0 Å². The van der Waals surface area contributed by atoms with Crippen molar-refractivity contribution in [3.8, 4) is 11.8 Å². The van der Waals surface area contributed by atoms with Gasteiger partial charge in [-0.2, -0.15) is 23.9 Å². The van der Waals surface area contributed by atoms with Crippen molar-refractivity contribution in [3.05, 3.63) is 82.7 Å². The van der Waals surface area contributed by atoms with Gasteiger partial charge < -0.3 is 9.88 Å². The maximum absolute atomic E-state index is 14.4. The molecule has 34 heavy (non-hydrogen) atoms. The molecule has 0 spiro atoms. The first-order chi connectivity index (χ1) is 16.1. The highest BCUT2D eigenvalue weighted by Gasteiger charge is 2.42. The Bertz CT molecular complexity index is 1630. The lowest BCUT2D eigenvalue weighted by atomic mass is 9.89. The standard InChI is InChI=1S/C23H17FN8O.H2S/c1-13-11-30(21-17-14(9-25)10-26-20(17)27-12-28-21)18(13)22-29-31-8-7-16(24)19(31)23(33)32(22)15-5-3-2-4-6-15;/h2-8,10,12-13,18H,11H2,1H3,(H,26,27,28);1H2/t13?,18-;/m0./s1. The van der Waals surface area contributed by atoms with Crippen molar-refractivity contribution in [2.45, 2.75) is 13.0 Å². The van der Waals surface area contributed by atoms with E-state index in [2.05, 4.69) is 33.0 Å². The fourth-order valence-electron chi connectivity index (χ4n) is 4.62. The predicted octanol–water partition coefficient (Wildman–Crippen LogP) is 3.08. The van der Waals surface area contributed by atoms with Crippen LogP contribution in [0.2, 0.25) is 0 Å². The average Bonchev–Trinajstić information content (AvgIpc) is 3.41. The summed E-state index contributed by atoms with van der Waals surface area (Å²) in [5.74, 6) is 0.562. The number of hydrogen-bond donors (Lipinski definition) is 1. The van der Waals surface area contributed by atoms with Gasteiger partial charge in [-0.1, -0.05) is 25.1 Å². The number of benzene rings is 1. The van der Waals surface area contributed by atoms with Crippen LogP contribution in [0.4, 0.5) is 10.2 Å². The molecule has 9 nitrogen and oxygen atoms in total. The van der Waals surface area contributed by atoms with Gasteiger partial charge in [0.25, 0.3) is 5.56 Å². The predicted molar refractivity (Wildman–Crippen MR) is 129 cm³/mol. The van der Waals surface area contributed by atoms with Crippen LogP contribution in [0.15, 0.2) is 59.9 Å². The number of aromatic nitrogens is 6. The molecule has 11 heteroatoms. The third-order valence-electron chi connectivity index (χ3n) is 6.14. The van der Waals surface area contributed by atoms with Crippen LogP contribution in [-0.4, -0.2) is 35.7 Å². The summed E-state index contributed by atoms with van der Waals surface area (Å²) in [6.07, 6.45) is 4.49. The Labute approximate surface area is 199 Å². The molecule has 5 heterocycles. The number of H-pyrrole nitrogens is 1. The lowest BCUT2D eigenvalue weighted by Crippen LogP contribution is -2.51. The second-order valence-corrected chi connectivity index (χ2v) is 8.10. The van der Waals surface area contributed by atoms with E-state index in [-0.39, 0.29) is 31.0 Å². The summed E-state index contributed by atoms with van der Waals surface area (Å²) < 4.78 is 17.2. The average molecular weight is 475 g/mol. The molecule has 0 bridgehead atoms. The zero-order valence-electron chi connectivity index (χ0n) is 18.0. The number of para-hydroxylation sites is 1. The van der Waals surface area contributed by atoms with Crippen molar-refractivity contribution >= 4 is 35.9 Å². The van der Waals surface area contributed by atoms with Gasteiger partial charge in [0.2, 0.25) is 0 Å². The molecule has 6 rings (SSSR count). The van der Waals surface area contributed by atoms with Crippen LogP contribution >= 0.6 is 13.5 Å². The highest BCUT2D eigenvalue weighted by Crippen LogP contribution is 2.43. The maximum atomic E-state index is 14.4. The topological polar surface area (TPSA) is 108 Å². The fraction of sp³-hybridized carbons (Fsp3) is 0.174. The van der Waals surface area contributed by atoms with E-state index in [0.29, 0.717) is 40.5 Å². The molecule has 0 amide bonds. The molecule has 0 aliphatic carbocycles. The van der Waals surface area contributed by atoms with Crippen molar-refractivity contribution in [1.82, 2.24) is 29.1 Å². The summed E-state index contributed by atoms with van der Waals surface area (Å²) in [6, 6.07) is 12.2. The monoisotopic (exact) mass is 474 g/mol. The van der Waals surface area contributed by atoms with Crippen molar-refractivity contribution in [1.29, 1.82) is 5.26 Å². The molecular weight excluding hydrogens is 455 g/mol. The number of nitrogens with zero attached hydrogens (tertiary/aromatic N) is 7. The van der Waals surface area contributed by atoms with Crippen LogP contribution in [-0.2, 0) is 0 Å². The Hall–Kier alpha value is -4.17. The van der Waals surface area contributed by atoms with Crippen LogP contribution in [0.25, 0.3) is 22.2 Å². The van der Waals surface area contributed by atoms with Crippen LogP contribution in [0.1, 0.15) is 24.4 Å². The van der Waals surface area contributed by atoms with E-state index in [0.717, 1.165) is 0 Å². The number of aromatic amines is 1. The van der Waals surface area contributed by atoms with Crippen LogP contribution in [0.3, 0.4) is 0 Å². The molecule has 1 aliphatic rings. The summed E-state index contributed by atoms with van der Waals surface area (Å²) in [4.78, 5) is 27.2. The summed E-state index contributed by atoms with van der Waals surface area (Å²) in [5.41, 5.74) is 1.00. The Morgan fingerprint density at radius 1 is 1.21 bits per heavy atom. The van der Waals surface area contributed by atoms with Crippen molar-refractivity contribution in [2.75, 3.05) is 11.4 Å². The van der Waals surface area contributed by atoms with Crippen LogP contribution in [0.5, 0.6) is 0 Å². The van der Waals surface area contributed by atoms with E-state index >= 15 is 0 Å². The van der Waals surface area contributed by atoms with Crippen molar-refractivity contribution < 1.29 is 4.39 Å². The lowest BCUT2D eigenvalue weighted by molar-refractivity contribution is 0.301. The largest absolute Gasteiger partial charge is 0.345 e. The smallest absolute Gasteiger partial charge is 0.285 e. The van der Waals surface area contributed by atoms with Gasteiger partial charge in [-0.05, 0) is 18.2 Å². The molecule has 0 radical (unpaired) electrons. The molecule has 1 unspecified atom stereocenters. The van der Waals surface area contributed by atoms with Crippen LogP contribution in [0, 0.1) is 23.1 Å². The quantitative estimate of drug-likeness (QED) is 0.431. The van der Waals surface area contributed by atoms with Gasteiger partial charge in [0.1, 0.15) is 23.9 Å². The highest BCUT2D eigenvalue weighted by atomic mass is 32.1. The van der Waals surface area contributed by atoms with Gasteiger partial charge in [0.05, 0.1) is 22.7 Å². The number of fused-ring (bicyclic) bond motifs is 2. The first-order valence-corrected chi connectivity index (χ1v) is 10.4. The zero-order valence-corrected chi connectivity index (χ0v) is 19.0. The van der Waals surface area contributed by atoms with E-state index in [1.807, 2.05) is 23.1 Å². The number of hydrogen-bond acceptors (Lipinski definition) is 6. The summed E-state index contributed by atoms with van der Waals surface area (Å²) in [7, 11) is 0. The first kappa shape index (κ1) is 21.7. The normalized spacial score (nSPS) is 17.4. The SMILES string of the molecule is CC1CN(c2ncnc3[nH]cc(C#N)c23)[C@@H]1c1nn2ccc(F)c2c(=O)n1-c1ccccc1.S. The van der Waals surface area contributed by atoms with Gasteiger partial charge in [-0.25, -0.2) is 18.9 Å². The third kappa shape index (κ3) is 2.99. The fourth-order valence-corrected chi connectivity index (χ4v) is 4.62. The minimum atomic E-state index is -0.620. The lowest BCUT2D eigenvalue weighted by Gasteiger charge is -2.47. The number of nitrogens with one attached hydrogen (secondary N) is 1. The summed E-state index contributed by atoms with van der Waals surface area (Å²) in [5, 5.41) is 14.9. The molecule has 1 aromatic carbocycles. The molecule has 1 N–H and O–H groups in total. The van der Waals surface area contributed by atoms with Gasteiger partial charge in [-0.3, -0.25) is 9.36 Å². The molecule has 4 aromatic heterocycles. The second kappa shape index (κ2) is 8.00. The first-order valence-electron chi connectivity index (χ1n) is 10.4. The van der Waals surface area contributed by atoms with Gasteiger partial charge in [-0.15, -0.1) is 0 Å². The van der Waals surface area contributed by atoms with E-state index in [4.69, 9.17) is 0 Å². The number of nitriles is 1. The molecule has 2 atom stereocenters. The van der Waals surface area contributed by atoms with Gasteiger partial charge in [0.15, 0.2) is 17.2 Å². The third-order valence-corrected chi connectivity index (χ3v) is 6.14. The Kier molecular flexibility index (Phi) is 5.10. The van der Waals surface area contributed by atoms with E-state index in [1.165, 1.54) is 27.7 Å². The van der Waals surface area contributed by atoms with Crippen molar-refractivity contribution in [2.24, 2.45) is 5.92 Å². The summed E-state index contributed by atoms with van der Waals surface area (Å²) >= 11 is 0. The molecule has 1 saturated heterocycles. The number of anilines is 1. The summed E-state index contributed by atoms with van der Waals surface area (Å²) in [6.45, 7) is 2.71. The van der Waals surface area contributed by atoms with E-state index in [1.54, 1.807) is 18.3 Å². The van der Waals surface area contributed by atoms with E-state index in [9.17, 15) is 14.4 Å². The Morgan fingerprint density at radius 2 is 2.00 bits per heavy atom. The maximum Gasteiger partial charge on any atom is 0.285 e. The number of rotatable bonds is 3. The molecule has 1 aliphatic heterocycles. The Balaban J connectivity index is 0.00000241. The van der Waals surface area contributed by atoms with E-state index < -0.39 is 11.4 Å². The zero-order chi connectivity index (χ0) is 22.7. The van der Waals surface area contributed by atoms with Crippen molar-refractivity contribution in [3.63, 3.8) is 0 Å². The minimum Gasteiger partial charge on any atom is -0.345 e. The second-order valence-electron chi connectivity index (χ2n) is 8.10. The van der Waals surface area contributed by atoms with Gasteiger partial charge in [0, 0.05) is 24.9 Å². The molecule has 170 valence electrons. The van der Waals surface area contributed by atoms with Crippen LogP contribution < -0.4 is 10.5 Å². The number of halogens is 1. The highest BCUT2D eigenvalue weighted by molar-refractivity contribution is 7.59. The molecular formula is C23H19FN8OS. The minimum absolute atomic E-state index is 0. The molecule has 5 aromatic rings. The Morgan fingerprint density at radius 3 is 2.74 bits per heavy atom.